The molecule has 0 aliphatic heterocycles. The van der Waals surface area contributed by atoms with Gasteiger partial charge in [0.15, 0.2) is 0 Å². The molecule has 9 heteroatoms. The third kappa shape index (κ3) is 6.24. The Morgan fingerprint density at radius 3 is 2.09 bits per heavy atom. The highest BCUT2D eigenvalue weighted by molar-refractivity contribution is 7.92. The molecule has 3 aromatic carbocycles. The van der Waals surface area contributed by atoms with Crippen LogP contribution >= 0.6 is 0 Å². The summed E-state index contributed by atoms with van der Waals surface area (Å²) in [5, 5.41) is 2.77. The maximum Gasteiger partial charge on any atom is 0.265 e. The smallest absolute Gasteiger partial charge is 0.265 e. The Labute approximate surface area is 206 Å². The van der Waals surface area contributed by atoms with Crippen LogP contribution in [0.25, 0.3) is 0 Å². The molecule has 0 atom stereocenters. The van der Waals surface area contributed by atoms with Gasteiger partial charge in [-0.25, -0.2) is 8.42 Å². The van der Waals surface area contributed by atoms with Crippen LogP contribution in [0.4, 0.5) is 17.1 Å². The predicted octanol–water partition coefficient (Wildman–Crippen LogP) is 4.99. The Bertz CT molecular complexity index is 1260. The Hall–Kier alpha value is -3.72. The van der Waals surface area contributed by atoms with E-state index in [-0.39, 0.29) is 16.6 Å². The molecule has 3 aromatic rings. The van der Waals surface area contributed by atoms with Crippen molar-refractivity contribution in [3.8, 4) is 11.5 Å². The van der Waals surface area contributed by atoms with Crippen LogP contribution in [0, 0.1) is 0 Å². The summed E-state index contributed by atoms with van der Waals surface area (Å²) in [6.07, 6.45) is 0. The van der Waals surface area contributed by atoms with Crippen LogP contribution in [0.1, 0.15) is 31.1 Å². The molecule has 0 saturated carbocycles. The second-order valence-electron chi connectivity index (χ2n) is 8.08. The van der Waals surface area contributed by atoms with Gasteiger partial charge in [0.25, 0.3) is 15.9 Å². The average molecular weight is 498 g/mol. The molecular formula is C26H31N3O5S. The van der Waals surface area contributed by atoms with E-state index in [0.29, 0.717) is 28.7 Å². The zero-order chi connectivity index (χ0) is 25.6. The third-order valence-corrected chi connectivity index (χ3v) is 6.88. The monoisotopic (exact) mass is 497 g/mol. The summed E-state index contributed by atoms with van der Waals surface area (Å²) < 4.78 is 39.1. The number of anilines is 3. The van der Waals surface area contributed by atoms with Crippen molar-refractivity contribution in [2.75, 3.05) is 35.7 Å². The fourth-order valence-corrected chi connectivity index (χ4v) is 4.94. The number of carbonyl (C=O) groups excluding carboxylic acids is 1. The number of carbonyl (C=O) groups is 1. The highest BCUT2D eigenvalue weighted by Gasteiger charge is 2.21. The number of methoxy groups -OCH3 is 2. The summed E-state index contributed by atoms with van der Waals surface area (Å²) in [5.41, 5.74) is 2.18. The van der Waals surface area contributed by atoms with Gasteiger partial charge in [-0.3, -0.25) is 9.52 Å². The normalized spacial score (nSPS) is 11.1. The molecular weight excluding hydrogens is 466 g/mol. The molecule has 0 aliphatic carbocycles. The van der Waals surface area contributed by atoms with Crippen molar-refractivity contribution in [1.82, 2.24) is 0 Å². The molecule has 3 rings (SSSR count). The number of hydrogen-bond donors (Lipinski definition) is 2. The van der Waals surface area contributed by atoms with Crippen molar-refractivity contribution >= 4 is 33.0 Å². The van der Waals surface area contributed by atoms with E-state index in [0.717, 1.165) is 12.2 Å². The van der Waals surface area contributed by atoms with Crippen molar-refractivity contribution in [3.05, 3.63) is 72.3 Å². The number of rotatable bonds is 10. The molecule has 35 heavy (non-hydrogen) atoms. The molecule has 8 nitrogen and oxygen atoms in total. The lowest BCUT2D eigenvalue weighted by Gasteiger charge is -2.27. The number of nitrogens with zero attached hydrogens (tertiary/aromatic N) is 1. The Balaban J connectivity index is 1.81. The lowest BCUT2D eigenvalue weighted by atomic mass is 10.1. The van der Waals surface area contributed by atoms with Crippen LogP contribution in [0.3, 0.4) is 0 Å². The van der Waals surface area contributed by atoms with E-state index < -0.39 is 10.0 Å². The second kappa shape index (κ2) is 11.1. The number of amides is 1. The van der Waals surface area contributed by atoms with Gasteiger partial charge in [0.05, 0.1) is 14.2 Å². The first-order chi connectivity index (χ1) is 16.7. The lowest BCUT2D eigenvalue weighted by molar-refractivity contribution is 0.102. The highest BCUT2D eigenvalue weighted by atomic mass is 32.2. The number of ether oxygens (including phenoxy) is 2. The predicted molar refractivity (Wildman–Crippen MR) is 139 cm³/mol. The van der Waals surface area contributed by atoms with Gasteiger partial charge in [-0.1, -0.05) is 0 Å². The summed E-state index contributed by atoms with van der Waals surface area (Å²) >= 11 is 0. The molecule has 0 unspecified atom stereocenters. The SMILES string of the molecule is CCN(c1ccc(C(=O)Nc2ccc(OC)c(S(=O)(=O)Nc3ccc(OC)cc3)c2)cc1)C(C)C. The third-order valence-electron chi connectivity index (χ3n) is 5.48. The molecule has 0 heterocycles. The number of sulfonamides is 1. The minimum atomic E-state index is -4.00. The average Bonchev–Trinajstić information content (AvgIpc) is 2.85. The molecule has 0 aliphatic rings. The van der Waals surface area contributed by atoms with Crippen molar-refractivity contribution < 1.29 is 22.7 Å². The summed E-state index contributed by atoms with van der Waals surface area (Å²) in [5.74, 6) is 0.414. The quantitative estimate of drug-likeness (QED) is 0.410. The molecule has 2 N–H and O–H groups in total. The summed E-state index contributed by atoms with van der Waals surface area (Å²) in [6, 6.07) is 18.6. The van der Waals surface area contributed by atoms with E-state index in [1.165, 1.54) is 26.4 Å². The van der Waals surface area contributed by atoms with E-state index in [1.807, 2.05) is 12.1 Å². The zero-order valence-corrected chi connectivity index (χ0v) is 21.3. The molecule has 0 saturated heterocycles. The molecule has 0 spiro atoms. The molecule has 0 bridgehead atoms. The number of hydrogen-bond acceptors (Lipinski definition) is 6. The van der Waals surface area contributed by atoms with E-state index in [1.54, 1.807) is 42.5 Å². The molecule has 0 aromatic heterocycles. The lowest BCUT2D eigenvalue weighted by Crippen LogP contribution is -2.30. The number of benzene rings is 3. The van der Waals surface area contributed by atoms with Crippen LogP contribution in [-0.4, -0.2) is 41.1 Å². The van der Waals surface area contributed by atoms with Gasteiger partial charge < -0.3 is 19.7 Å². The Morgan fingerprint density at radius 2 is 1.54 bits per heavy atom. The molecule has 0 radical (unpaired) electrons. The topological polar surface area (TPSA) is 97.0 Å². The summed E-state index contributed by atoms with van der Waals surface area (Å²) in [6.45, 7) is 7.17. The Kier molecular flexibility index (Phi) is 8.24. The standard InChI is InChI=1S/C26H31N3O5S/c1-6-29(18(2)3)22-12-7-19(8-13-22)26(30)27-21-11-16-24(34-5)25(17-21)35(31,32)28-20-9-14-23(33-4)15-10-20/h7-18,28H,6H2,1-5H3,(H,27,30). The van der Waals surface area contributed by atoms with Crippen molar-refractivity contribution in [2.24, 2.45) is 0 Å². The molecule has 1 amide bonds. The van der Waals surface area contributed by atoms with Crippen LogP contribution in [0.2, 0.25) is 0 Å². The van der Waals surface area contributed by atoms with Gasteiger partial charge >= 0.3 is 0 Å². The van der Waals surface area contributed by atoms with Gasteiger partial charge in [-0.05, 0) is 87.5 Å². The summed E-state index contributed by atoms with van der Waals surface area (Å²) in [7, 11) is -1.08. The van der Waals surface area contributed by atoms with Crippen LogP contribution in [-0.2, 0) is 10.0 Å². The van der Waals surface area contributed by atoms with E-state index in [2.05, 4.69) is 35.7 Å². The van der Waals surface area contributed by atoms with Crippen LogP contribution in [0.15, 0.2) is 71.6 Å². The van der Waals surface area contributed by atoms with E-state index >= 15 is 0 Å². The maximum absolute atomic E-state index is 13.1. The van der Waals surface area contributed by atoms with Gasteiger partial charge in [0, 0.05) is 35.2 Å². The van der Waals surface area contributed by atoms with Gasteiger partial charge in [0.1, 0.15) is 16.4 Å². The first-order valence-corrected chi connectivity index (χ1v) is 12.7. The van der Waals surface area contributed by atoms with Gasteiger partial charge in [0.2, 0.25) is 0 Å². The van der Waals surface area contributed by atoms with Crippen LogP contribution in [0.5, 0.6) is 11.5 Å². The van der Waals surface area contributed by atoms with Gasteiger partial charge in [-0.15, -0.1) is 0 Å². The fourth-order valence-electron chi connectivity index (χ4n) is 3.69. The zero-order valence-electron chi connectivity index (χ0n) is 20.5. The number of nitrogens with one attached hydrogen (secondary N) is 2. The minimum absolute atomic E-state index is 0.0977. The van der Waals surface area contributed by atoms with Crippen molar-refractivity contribution in [3.63, 3.8) is 0 Å². The second-order valence-corrected chi connectivity index (χ2v) is 9.73. The molecule has 186 valence electrons. The first-order valence-electron chi connectivity index (χ1n) is 11.2. The largest absolute Gasteiger partial charge is 0.497 e. The van der Waals surface area contributed by atoms with Crippen molar-refractivity contribution in [2.45, 2.75) is 31.7 Å². The van der Waals surface area contributed by atoms with E-state index in [9.17, 15) is 13.2 Å². The fraction of sp³-hybridized carbons (Fsp3) is 0.269. The first kappa shape index (κ1) is 25.9. The maximum atomic E-state index is 13.1. The minimum Gasteiger partial charge on any atom is -0.497 e. The molecule has 0 fully saturated rings. The van der Waals surface area contributed by atoms with Gasteiger partial charge in [-0.2, -0.15) is 0 Å². The van der Waals surface area contributed by atoms with Crippen molar-refractivity contribution in [1.29, 1.82) is 0 Å². The highest BCUT2D eigenvalue weighted by Crippen LogP contribution is 2.29. The van der Waals surface area contributed by atoms with E-state index in [4.69, 9.17) is 9.47 Å². The summed E-state index contributed by atoms with van der Waals surface area (Å²) in [4.78, 5) is 15.0. The Morgan fingerprint density at radius 1 is 0.914 bits per heavy atom. The van der Waals surface area contributed by atoms with Crippen LogP contribution < -0.4 is 24.4 Å².